The van der Waals surface area contributed by atoms with Crippen LogP contribution in [0.4, 0.5) is 0 Å². The van der Waals surface area contributed by atoms with Gasteiger partial charge >= 0.3 is 0 Å². The first-order valence-electron chi connectivity index (χ1n) is 8.53. The Labute approximate surface area is 145 Å². The number of methoxy groups -OCH3 is 2. The van der Waals surface area contributed by atoms with Crippen LogP contribution in [0, 0.1) is 6.92 Å². The number of hydrogen-bond donors (Lipinski definition) is 0. The molecule has 0 spiro atoms. The van der Waals surface area contributed by atoms with Crippen molar-refractivity contribution in [3.63, 3.8) is 0 Å². The van der Waals surface area contributed by atoms with Gasteiger partial charge in [0.05, 0.1) is 14.2 Å². The Morgan fingerprint density at radius 1 is 1.08 bits per heavy atom. The summed E-state index contributed by atoms with van der Waals surface area (Å²) in [5.74, 6) is 2.24. The topological polar surface area (TPSA) is 21.7 Å². The van der Waals surface area contributed by atoms with E-state index in [2.05, 4.69) is 56.3 Å². The normalized spacial score (nSPS) is 16.3. The summed E-state index contributed by atoms with van der Waals surface area (Å²) in [6.45, 7) is 3.06. The van der Waals surface area contributed by atoms with Crippen LogP contribution < -0.4 is 9.47 Å². The summed E-state index contributed by atoms with van der Waals surface area (Å²) in [6.07, 6.45) is 2.23. The molecule has 0 radical (unpaired) electrons. The van der Waals surface area contributed by atoms with Crippen LogP contribution in [0.25, 0.3) is 0 Å². The average Bonchev–Trinajstić information content (AvgIpc) is 2.99. The molecule has 2 aromatic rings. The zero-order valence-corrected chi connectivity index (χ0v) is 15.3. The fourth-order valence-corrected chi connectivity index (χ4v) is 3.98. The molecule has 0 aliphatic heterocycles. The number of nitrogens with zero attached hydrogens (tertiary/aromatic N) is 1. The molecule has 1 aliphatic carbocycles. The van der Waals surface area contributed by atoms with Gasteiger partial charge in [-0.05, 0) is 56.6 Å². The molecule has 0 saturated heterocycles. The number of rotatable bonds is 5. The Kier molecular flexibility index (Phi) is 4.81. The van der Waals surface area contributed by atoms with Crippen molar-refractivity contribution in [3.05, 3.63) is 58.1 Å². The van der Waals surface area contributed by atoms with Crippen LogP contribution in [0.1, 0.15) is 40.2 Å². The van der Waals surface area contributed by atoms with Crippen LogP contribution in [0.15, 0.2) is 30.3 Å². The van der Waals surface area contributed by atoms with Gasteiger partial charge in [0.2, 0.25) is 0 Å². The molecule has 0 bridgehead atoms. The molecule has 3 rings (SSSR count). The first-order valence-corrected chi connectivity index (χ1v) is 8.53. The molecule has 0 saturated carbocycles. The Balaban J connectivity index is 2.16. The van der Waals surface area contributed by atoms with Crippen molar-refractivity contribution < 1.29 is 9.47 Å². The van der Waals surface area contributed by atoms with Gasteiger partial charge < -0.3 is 14.4 Å². The Hall–Kier alpha value is -2.00. The van der Waals surface area contributed by atoms with Gasteiger partial charge in [0, 0.05) is 23.6 Å². The first kappa shape index (κ1) is 16.8. The molecule has 3 nitrogen and oxygen atoms in total. The van der Waals surface area contributed by atoms with Crippen molar-refractivity contribution in [2.75, 3.05) is 28.3 Å². The third kappa shape index (κ3) is 2.89. The molecular formula is C21H27NO2. The van der Waals surface area contributed by atoms with Crippen molar-refractivity contribution in [3.8, 4) is 11.5 Å². The maximum absolute atomic E-state index is 5.87. The van der Waals surface area contributed by atoms with E-state index in [-0.39, 0.29) is 0 Å². The van der Waals surface area contributed by atoms with Gasteiger partial charge in [-0.2, -0.15) is 0 Å². The quantitative estimate of drug-likeness (QED) is 0.824. The second-order valence-electron chi connectivity index (χ2n) is 6.85. The Morgan fingerprint density at radius 2 is 1.88 bits per heavy atom. The van der Waals surface area contributed by atoms with Gasteiger partial charge in [-0.3, -0.25) is 0 Å². The third-order valence-electron chi connectivity index (χ3n) is 5.00. The number of benzene rings is 2. The maximum atomic E-state index is 5.87. The summed E-state index contributed by atoms with van der Waals surface area (Å²) >= 11 is 0. The van der Waals surface area contributed by atoms with E-state index in [9.17, 15) is 0 Å². The molecule has 0 N–H and O–H groups in total. The van der Waals surface area contributed by atoms with Crippen molar-refractivity contribution in [2.45, 2.75) is 32.2 Å². The fraction of sp³-hybridized carbons (Fsp3) is 0.429. The van der Waals surface area contributed by atoms with Crippen LogP contribution in [0.2, 0.25) is 0 Å². The zero-order chi connectivity index (χ0) is 17.3. The first-order chi connectivity index (χ1) is 11.6. The minimum absolute atomic E-state index is 0.340. The molecule has 24 heavy (non-hydrogen) atoms. The molecular weight excluding hydrogens is 298 g/mol. The van der Waals surface area contributed by atoms with E-state index < -0.39 is 0 Å². The van der Waals surface area contributed by atoms with Crippen LogP contribution in [-0.2, 0) is 13.0 Å². The lowest BCUT2D eigenvalue weighted by atomic mass is 9.89. The highest BCUT2D eigenvalue weighted by atomic mass is 16.5. The highest BCUT2D eigenvalue weighted by molar-refractivity contribution is 5.58. The summed E-state index contributed by atoms with van der Waals surface area (Å²) in [7, 11) is 7.68. The Morgan fingerprint density at radius 3 is 2.54 bits per heavy atom. The van der Waals surface area contributed by atoms with Gasteiger partial charge in [0.25, 0.3) is 0 Å². The van der Waals surface area contributed by atoms with E-state index in [1.165, 1.54) is 27.8 Å². The smallest absolute Gasteiger partial charge is 0.130 e. The van der Waals surface area contributed by atoms with Crippen LogP contribution >= 0.6 is 0 Å². The third-order valence-corrected chi connectivity index (χ3v) is 5.00. The van der Waals surface area contributed by atoms with E-state index in [0.29, 0.717) is 5.92 Å². The lowest BCUT2D eigenvalue weighted by molar-refractivity contribution is 0.358. The standard InChI is InChI=1S/C21H27NO2/c1-14-7-6-8-17-16(14)10-11-18(17)20-19(23-4)12-9-15(13-22(2)3)21(20)24-5/h6-9,12,18H,10-11,13H2,1-5H3. The second kappa shape index (κ2) is 6.86. The summed E-state index contributed by atoms with van der Waals surface area (Å²) in [4.78, 5) is 2.17. The number of ether oxygens (including phenoxy) is 2. The molecule has 128 valence electrons. The van der Waals surface area contributed by atoms with E-state index >= 15 is 0 Å². The summed E-state index contributed by atoms with van der Waals surface area (Å²) in [5.41, 5.74) is 6.71. The van der Waals surface area contributed by atoms with Gasteiger partial charge in [-0.15, -0.1) is 0 Å². The highest BCUT2D eigenvalue weighted by Crippen LogP contribution is 2.47. The van der Waals surface area contributed by atoms with Gasteiger partial charge in [0.1, 0.15) is 11.5 Å². The van der Waals surface area contributed by atoms with E-state index in [0.717, 1.165) is 30.9 Å². The lowest BCUT2D eigenvalue weighted by Gasteiger charge is -2.23. The minimum atomic E-state index is 0.340. The maximum Gasteiger partial charge on any atom is 0.130 e. The number of aryl methyl sites for hydroxylation is 1. The van der Waals surface area contributed by atoms with E-state index in [4.69, 9.17) is 9.47 Å². The highest BCUT2D eigenvalue weighted by Gasteiger charge is 2.31. The van der Waals surface area contributed by atoms with Crippen LogP contribution in [-0.4, -0.2) is 33.2 Å². The monoisotopic (exact) mass is 325 g/mol. The molecule has 3 heteroatoms. The van der Waals surface area contributed by atoms with Gasteiger partial charge in [-0.1, -0.05) is 24.3 Å². The molecule has 1 aliphatic rings. The predicted molar refractivity (Wildman–Crippen MR) is 98.3 cm³/mol. The van der Waals surface area contributed by atoms with Crippen molar-refractivity contribution in [1.82, 2.24) is 4.90 Å². The largest absolute Gasteiger partial charge is 0.496 e. The molecule has 0 aromatic heterocycles. The van der Waals surface area contributed by atoms with Gasteiger partial charge in [0.15, 0.2) is 0 Å². The molecule has 0 amide bonds. The molecule has 1 unspecified atom stereocenters. The molecule has 1 atom stereocenters. The van der Waals surface area contributed by atoms with E-state index in [1.807, 2.05) is 0 Å². The van der Waals surface area contributed by atoms with Crippen molar-refractivity contribution >= 4 is 0 Å². The Bertz CT molecular complexity index is 737. The van der Waals surface area contributed by atoms with Gasteiger partial charge in [-0.25, -0.2) is 0 Å². The number of fused-ring (bicyclic) bond motifs is 1. The zero-order valence-electron chi connectivity index (χ0n) is 15.3. The average molecular weight is 325 g/mol. The molecule has 0 heterocycles. The lowest BCUT2D eigenvalue weighted by Crippen LogP contribution is -2.13. The van der Waals surface area contributed by atoms with Crippen LogP contribution in [0.3, 0.4) is 0 Å². The molecule has 2 aromatic carbocycles. The van der Waals surface area contributed by atoms with Crippen LogP contribution in [0.5, 0.6) is 11.5 Å². The predicted octanol–water partition coefficient (Wildman–Crippen LogP) is 4.15. The van der Waals surface area contributed by atoms with Crippen molar-refractivity contribution in [2.24, 2.45) is 0 Å². The fourth-order valence-electron chi connectivity index (χ4n) is 3.98. The summed E-state index contributed by atoms with van der Waals surface area (Å²) in [5, 5.41) is 0. The second-order valence-corrected chi connectivity index (χ2v) is 6.85. The SMILES string of the molecule is COc1ccc(CN(C)C)c(OC)c1C1CCc2c(C)cccc21. The molecule has 0 fully saturated rings. The summed E-state index contributed by atoms with van der Waals surface area (Å²) < 4.78 is 11.6. The van der Waals surface area contributed by atoms with Crippen molar-refractivity contribution in [1.29, 1.82) is 0 Å². The number of hydrogen-bond acceptors (Lipinski definition) is 3. The minimum Gasteiger partial charge on any atom is -0.496 e. The van der Waals surface area contributed by atoms with E-state index in [1.54, 1.807) is 14.2 Å². The summed E-state index contributed by atoms with van der Waals surface area (Å²) in [6, 6.07) is 10.8.